The number of fused-ring (bicyclic) bond motifs is 1. The zero-order chi connectivity index (χ0) is 72.0. The Bertz CT molecular complexity index is 3020. The van der Waals surface area contributed by atoms with Crippen LogP contribution in [0.3, 0.4) is 0 Å². The van der Waals surface area contributed by atoms with Gasteiger partial charge in [-0.15, -0.1) is 0 Å². The normalized spacial score (nSPS) is 25.4. The van der Waals surface area contributed by atoms with E-state index in [9.17, 15) is 48.6 Å². The van der Waals surface area contributed by atoms with E-state index in [4.69, 9.17) is 4.42 Å². The van der Waals surface area contributed by atoms with Crippen molar-refractivity contribution < 1.29 is 72.2 Å². The maximum Gasteiger partial charge on any atom is 0.335 e. The lowest BCUT2D eigenvalue weighted by atomic mass is 9.91. The summed E-state index contributed by atoms with van der Waals surface area (Å²) < 4.78 is 5.94. The summed E-state index contributed by atoms with van der Waals surface area (Å²) in [6, 6.07) is -8.93. The molecule has 1 aromatic heterocycles. The molecule has 2 heterocycles. The number of carbonyl (C=O) groups excluding carboxylic acids is 11. The van der Waals surface area contributed by atoms with Gasteiger partial charge in [-0.1, -0.05) is 96.9 Å². The minimum Gasteiger partial charge on any atom is -0.478 e. The van der Waals surface area contributed by atoms with E-state index in [0.29, 0.717) is 0 Å². The van der Waals surface area contributed by atoms with Gasteiger partial charge >= 0.3 is 5.97 Å². The largest absolute Gasteiger partial charge is 0.478 e. The van der Waals surface area contributed by atoms with Crippen molar-refractivity contribution in [3.05, 3.63) is 29.7 Å². The first-order valence-electron chi connectivity index (χ1n) is 32.9. The van der Waals surface area contributed by atoms with Crippen LogP contribution in [0, 0.1) is 41.4 Å². The Morgan fingerprint density at radius 3 is 1.48 bits per heavy atom. The molecule has 27 heteroatoms. The standard InChI is InChI=1S/C67H110N12O15/c1-24-44-62(87)73(17)33-52(80)74(18)46(27-34(2)3)59(84)72-53(38(10)11)65(90)75(19)47(28-35(4)5)58(83)68-41(15)57(82)69-42(16)61(86)76(20)48(29-36(6)7)63(88)77(21)49(30-37(8)9)64(89)78(22)54(39(12)13)66(91)79(23)55(60(85)71-44)56(81)40(14)31-51-70-45-32-43(67(92)93)25-26-50(45)94-51/h25-26,32,34-42,44,46-49,53-56,81H,24,27-31,33H2,1-23H3,(H,68,83)(H,69,82)(H,71,85)(H,72,84)(H,92,93)/t40-,41+,42-,44+,46+,47+,48+,49+,53+,54+,55+,56-/m1/s1. The van der Waals surface area contributed by atoms with Gasteiger partial charge in [-0.2, -0.15) is 0 Å². The van der Waals surface area contributed by atoms with Gasteiger partial charge in [0.15, 0.2) is 11.5 Å². The number of carboxylic acid groups (broad SMARTS) is 1. The first-order chi connectivity index (χ1) is 43.5. The molecule has 94 heavy (non-hydrogen) atoms. The molecule has 528 valence electrons. The highest BCUT2D eigenvalue weighted by Gasteiger charge is 2.46. The van der Waals surface area contributed by atoms with E-state index in [0.717, 1.165) is 9.80 Å². The van der Waals surface area contributed by atoms with Gasteiger partial charge in [0.2, 0.25) is 65.0 Å². The lowest BCUT2D eigenvalue weighted by Crippen LogP contribution is -2.63. The highest BCUT2D eigenvalue weighted by molar-refractivity contribution is 6.00. The minimum absolute atomic E-state index is 0.0511. The van der Waals surface area contributed by atoms with E-state index in [2.05, 4.69) is 26.3 Å². The van der Waals surface area contributed by atoms with Crippen molar-refractivity contribution in [2.45, 2.75) is 216 Å². The molecular weight excluding hydrogens is 1210 g/mol. The summed E-state index contributed by atoms with van der Waals surface area (Å²) in [4.78, 5) is 186. The van der Waals surface area contributed by atoms with Crippen LogP contribution in [0.2, 0.25) is 0 Å². The Morgan fingerprint density at radius 1 is 0.532 bits per heavy atom. The smallest absolute Gasteiger partial charge is 0.335 e. The third-order valence-corrected chi connectivity index (χ3v) is 17.5. The summed E-state index contributed by atoms with van der Waals surface area (Å²) in [7, 11) is 9.66. The van der Waals surface area contributed by atoms with Crippen LogP contribution in [0.25, 0.3) is 11.1 Å². The average Bonchev–Trinajstić information content (AvgIpc) is 0.976. The number of hydrogen-bond donors (Lipinski definition) is 6. The molecule has 2 aromatic rings. The van der Waals surface area contributed by atoms with Crippen LogP contribution in [-0.4, -0.2) is 243 Å². The molecule has 0 unspecified atom stereocenters. The van der Waals surface area contributed by atoms with E-state index in [1.54, 1.807) is 41.5 Å². The maximum absolute atomic E-state index is 15.4. The Labute approximate surface area is 555 Å². The first kappa shape index (κ1) is 80.5. The van der Waals surface area contributed by atoms with Crippen molar-refractivity contribution in [3.8, 4) is 0 Å². The second-order valence-electron chi connectivity index (χ2n) is 28.1. The molecule has 1 aliphatic rings. The topological polar surface area (TPSA) is 342 Å². The van der Waals surface area contributed by atoms with Crippen molar-refractivity contribution in [1.29, 1.82) is 0 Å². The number of amides is 11. The number of nitrogens with zero attached hydrogens (tertiary/aromatic N) is 8. The maximum atomic E-state index is 15.4. The highest BCUT2D eigenvalue weighted by atomic mass is 16.4. The van der Waals surface area contributed by atoms with Gasteiger partial charge in [0.25, 0.3) is 0 Å². The van der Waals surface area contributed by atoms with E-state index in [1.165, 1.54) is 106 Å². The molecule has 12 atom stereocenters. The van der Waals surface area contributed by atoms with E-state index >= 15 is 19.2 Å². The number of hydrogen-bond acceptors (Lipinski definition) is 15. The van der Waals surface area contributed by atoms with E-state index in [1.807, 2.05) is 55.4 Å². The Hall–Kier alpha value is -7.71. The lowest BCUT2D eigenvalue weighted by molar-refractivity contribution is -0.157. The number of benzene rings is 1. The van der Waals surface area contributed by atoms with Crippen LogP contribution in [0.15, 0.2) is 22.6 Å². The van der Waals surface area contributed by atoms with Crippen LogP contribution in [0.4, 0.5) is 0 Å². The number of carboxylic acids is 1. The SMILES string of the molecule is CC[C@@H]1NC(=O)[C@H]([C@H](O)[C@H](C)Cc2nc3cc(C(=O)O)ccc3o2)N(C)C(=O)[C@H](C(C)C)N(C)C(=O)[C@H](CC(C)C)N(C)C(=O)[C@H](CC(C)C)N(C)C(=O)[C@@H](C)NC(=O)[C@H](C)NC(=O)[C@H](CC(C)C)N(C)C(=O)[C@H](C(C)C)NC(=O)[C@H](CC(C)C)N(C)C(=O)CN(C)C1=O. The molecule has 27 nitrogen and oxygen atoms in total. The number of aliphatic hydroxyl groups excluding tert-OH is 1. The molecule has 0 saturated carbocycles. The van der Waals surface area contributed by atoms with Crippen molar-refractivity contribution >= 4 is 82.0 Å². The molecule has 0 spiro atoms. The molecule has 1 saturated heterocycles. The summed E-state index contributed by atoms with van der Waals surface area (Å²) in [5, 5.41) is 33.0. The number of aromatic nitrogens is 1. The molecule has 1 fully saturated rings. The summed E-state index contributed by atoms with van der Waals surface area (Å²) in [5.41, 5.74) is 0.407. The minimum atomic E-state index is -1.81. The van der Waals surface area contributed by atoms with Gasteiger partial charge in [0, 0.05) is 55.8 Å². The second-order valence-corrected chi connectivity index (χ2v) is 28.1. The van der Waals surface area contributed by atoms with Gasteiger partial charge in [0.1, 0.15) is 65.9 Å². The Kier molecular flexibility index (Phi) is 30.1. The molecule has 1 aliphatic heterocycles. The fourth-order valence-electron chi connectivity index (χ4n) is 11.8. The van der Waals surface area contributed by atoms with Crippen LogP contribution in [-0.2, 0) is 59.2 Å². The molecule has 3 rings (SSSR count). The molecule has 0 bridgehead atoms. The fourth-order valence-corrected chi connectivity index (χ4v) is 11.8. The zero-order valence-corrected chi connectivity index (χ0v) is 59.9. The monoisotopic (exact) mass is 1320 g/mol. The second kappa shape index (κ2) is 35.2. The third kappa shape index (κ3) is 20.9. The Balaban J connectivity index is 2.33. The summed E-state index contributed by atoms with van der Waals surface area (Å²) in [6.07, 6.45) is -1.49. The zero-order valence-electron chi connectivity index (χ0n) is 59.9. The Morgan fingerprint density at radius 2 is 0.989 bits per heavy atom. The summed E-state index contributed by atoms with van der Waals surface area (Å²) in [6.45, 7) is 27.0. The number of nitrogens with one attached hydrogen (secondary N) is 4. The quantitative estimate of drug-likeness (QED) is 0.140. The van der Waals surface area contributed by atoms with E-state index in [-0.39, 0.29) is 84.8 Å². The molecule has 1 aromatic carbocycles. The number of rotatable bonds is 16. The van der Waals surface area contributed by atoms with E-state index < -0.39 is 162 Å². The highest BCUT2D eigenvalue weighted by Crippen LogP contribution is 2.27. The third-order valence-electron chi connectivity index (χ3n) is 17.5. The molecule has 0 aliphatic carbocycles. The van der Waals surface area contributed by atoms with Gasteiger partial charge in [-0.05, 0) is 106 Å². The first-order valence-corrected chi connectivity index (χ1v) is 32.9. The average molecular weight is 1320 g/mol. The molecular formula is C67H110N12O15. The van der Waals surface area contributed by atoms with Crippen LogP contribution >= 0.6 is 0 Å². The van der Waals surface area contributed by atoms with Gasteiger partial charge in [-0.25, -0.2) is 9.78 Å². The fraction of sp³-hybridized carbons (Fsp3) is 0.716. The number of carbonyl (C=O) groups is 12. The summed E-state index contributed by atoms with van der Waals surface area (Å²) >= 11 is 0. The predicted molar refractivity (Wildman–Crippen MR) is 354 cm³/mol. The van der Waals surface area contributed by atoms with Crippen molar-refractivity contribution in [2.75, 3.05) is 55.9 Å². The number of aliphatic hydroxyl groups is 1. The number of oxazole rings is 1. The molecule has 11 amide bonds. The van der Waals surface area contributed by atoms with Crippen molar-refractivity contribution in [3.63, 3.8) is 0 Å². The number of likely N-dealkylation sites (N-methyl/N-ethyl adjacent to an activating group) is 7. The van der Waals surface area contributed by atoms with Gasteiger partial charge in [0.05, 0.1) is 18.2 Å². The van der Waals surface area contributed by atoms with Crippen molar-refractivity contribution in [2.24, 2.45) is 41.4 Å². The number of aromatic carboxylic acids is 1. The molecule has 6 N–H and O–H groups in total. The van der Waals surface area contributed by atoms with Crippen LogP contribution < -0.4 is 21.3 Å². The van der Waals surface area contributed by atoms with Crippen molar-refractivity contribution in [1.82, 2.24) is 60.6 Å². The summed E-state index contributed by atoms with van der Waals surface area (Å²) in [5.74, 6) is -12.0. The van der Waals surface area contributed by atoms with Gasteiger partial charge < -0.3 is 70.2 Å². The van der Waals surface area contributed by atoms with Crippen LogP contribution in [0.5, 0.6) is 0 Å². The van der Waals surface area contributed by atoms with Gasteiger partial charge in [-0.3, -0.25) is 52.7 Å². The molecule has 0 radical (unpaired) electrons. The predicted octanol–water partition coefficient (Wildman–Crippen LogP) is 3.38. The van der Waals surface area contributed by atoms with Crippen LogP contribution in [0.1, 0.15) is 159 Å². The lowest BCUT2D eigenvalue weighted by Gasteiger charge is -2.41.